The molecule has 0 bridgehead atoms. The third kappa shape index (κ3) is 2.80. The van der Waals surface area contributed by atoms with E-state index in [0.29, 0.717) is 0 Å². The van der Waals surface area contributed by atoms with E-state index in [1.54, 1.807) is 0 Å². The first-order valence-corrected chi connectivity index (χ1v) is 3.86. The molecule has 0 aliphatic rings. The molecule has 2 nitrogen and oxygen atoms in total. The molecule has 0 atom stereocenters. The summed E-state index contributed by atoms with van der Waals surface area (Å²) < 4.78 is 5.10. The molecule has 0 fully saturated rings. The van der Waals surface area contributed by atoms with E-state index in [2.05, 4.69) is 24.2 Å². The van der Waals surface area contributed by atoms with Crippen LogP contribution in [0.2, 0.25) is 0 Å². The lowest BCUT2D eigenvalue weighted by atomic mass is 10.3. The number of hydrogen-bond donors (Lipinski definition) is 1. The predicted octanol–water partition coefficient (Wildman–Crippen LogP) is 2.53. The summed E-state index contributed by atoms with van der Waals surface area (Å²) in [6.07, 6.45) is 2.74. The minimum atomic E-state index is 0.735. The van der Waals surface area contributed by atoms with E-state index < -0.39 is 0 Å². The lowest BCUT2D eigenvalue weighted by molar-refractivity contribution is 0.573. The van der Waals surface area contributed by atoms with Gasteiger partial charge in [-0.05, 0) is 24.3 Å². The van der Waals surface area contributed by atoms with Gasteiger partial charge in [-0.3, -0.25) is 0 Å². The maximum Gasteiger partial charge on any atom is 0.181 e. The third-order valence-electron chi connectivity index (χ3n) is 1.19. The molecule has 0 amide bonds. The van der Waals surface area contributed by atoms with Crippen molar-refractivity contribution in [2.75, 3.05) is 0 Å². The number of thiol groups is 1. The second-order valence-corrected chi connectivity index (χ2v) is 2.57. The van der Waals surface area contributed by atoms with E-state index in [4.69, 9.17) is 4.74 Å². The minimum Gasteiger partial charge on any atom is -0.446 e. The lowest BCUT2D eigenvalue weighted by Gasteiger charge is -1.97. The highest BCUT2D eigenvalue weighted by molar-refractivity contribution is 7.80. The molecular weight excluding hydrogens is 170 g/mol. The lowest BCUT2D eigenvalue weighted by Crippen LogP contribution is -1.87. The van der Waals surface area contributed by atoms with Gasteiger partial charge in [0.1, 0.15) is 5.75 Å². The summed E-state index contributed by atoms with van der Waals surface area (Å²) in [4.78, 5) is 4.59. The fourth-order valence-corrected chi connectivity index (χ4v) is 0.808. The summed E-state index contributed by atoms with van der Waals surface area (Å²) in [6, 6.07) is 7.33. The van der Waals surface area contributed by atoms with Crippen LogP contribution >= 0.6 is 12.6 Å². The van der Waals surface area contributed by atoms with Crippen LogP contribution < -0.4 is 4.74 Å². The van der Waals surface area contributed by atoms with Crippen molar-refractivity contribution >= 4 is 19.0 Å². The van der Waals surface area contributed by atoms with Gasteiger partial charge in [0.15, 0.2) is 6.40 Å². The topological polar surface area (TPSA) is 21.6 Å². The largest absolute Gasteiger partial charge is 0.446 e. The Labute approximate surface area is 77.0 Å². The molecule has 0 saturated carbocycles. The van der Waals surface area contributed by atoms with Gasteiger partial charge in [0, 0.05) is 11.1 Å². The first kappa shape index (κ1) is 8.87. The predicted molar refractivity (Wildman–Crippen MR) is 53.0 cm³/mol. The Balaban J connectivity index is 2.58. The van der Waals surface area contributed by atoms with Gasteiger partial charge in [-0.15, -0.1) is 12.6 Å². The molecule has 1 rings (SSSR count). The van der Waals surface area contributed by atoms with E-state index in [1.807, 2.05) is 24.3 Å². The molecule has 1 aromatic carbocycles. The summed E-state index contributed by atoms with van der Waals surface area (Å²) in [6.45, 7) is 3.42. The zero-order chi connectivity index (χ0) is 8.81. The molecule has 0 aliphatic carbocycles. The van der Waals surface area contributed by atoms with Gasteiger partial charge in [0.25, 0.3) is 0 Å². The molecule has 0 aromatic heterocycles. The molecule has 3 heteroatoms. The van der Waals surface area contributed by atoms with E-state index in [9.17, 15) is 0 Å². The maximum atomic E-state index is 5.10. The first-order valence-electron chi connectivity index (χ1n) is 3.41. The van der Waals surface area contributed by atoms with Crippen LogP contribution in [0.1, 0.15) is 0 Å². The summed E-state index contributed by atoms with van der Waals surface area (Å²) >= 11 is 4.14. The van der Waals surface area contributed by atoms with Crippen molar-refractivity contribution in [2.45, 2.75) is 4.90 Å². The van der Waals surface area contributed by atoms with Crippen LogP contribution in [0.3, 0.4) is 0 Å². The Kier molecular flexibility index (Phi) is 3.41. The van der Waals surface area contributed by atoms with Gasteiger partial charge in [-0.2, -0.15) is 0 Å². The zero-order valence-electron chi connectivity index (χ0n) is 6.47. The van der Waals surface area contributed by atoms with E-state index in [-0.39, 0.29) is 0 Å². The molecule has 0 heterocycles. The summed E-state index contributed by atoms with van der Waals surface area (Å²) in [5.41, 5.74) is 0. The molecule has 62 valence electrons. The van der Waals surface area contributed by atoms with Crippen LogP contribution in [0.25, 0.3) is 0 Å². The summed E-state index contributed by atoms with van der Waals surface area (Å²) in [7, 11) is 0. The monoisotopic (exact) mass is 179 g/mol. The fraction of sp³-hybridized carbons (Fsp3) is 0. The van der Waals surface area contributed by atoms with Gasteiger partial charge >= 0.3 is 0 Å². The number of ether oxygens (including phenoxy) is 1. The molecule has 0 unspecified atom stereocenters. The molecule has 0 spiro atoms. The van der Waals surface area contributed by atoms with Crippen molar-refractivity contribution in [2.24, 2.45) is 4.99 Å². The van der Waals surface area contributed by atoms with Gasteiger partial charge in [0.05, 0.1) is 0 Å². The Morgan fingerprint density at radius 1 is 1.33 bits per heavy atom. The Morgan fingerprint density at radius 2 is 2.00 bits per heavy atom. The quantitative estimate of drug-likeness (QED) is 0.430. The van der Waals surface area contributed by atoms with Gasteiger partial charge in [-0.25, -0.2) is 4.99 Å². The second kappa shape index (κ2) is 4.62. The Morgan fingerprint density at radius 3 is 2.58 bits per heavy atom. The normalized spacial score (nSPS) is 10.1. The van der Waals surface area contributed by atoms with Gasteiger partial charge in [0.2, 0.25) is 0 Å². The van der Waals surface area contributed by atoms with Crippen LogP contribution in [-0.4, -0.2) is 6.40 Å². The van der Waals surface area contributed by atoms with Gasteiger partial charge < -0.3 is 4.74 Å². The Bertz CT molecular complexity index is 279. The number of aliphatic imine (C=N–C) groups is 1. The highest BCUT2D eigenvalue weighted by atomic mass is 32.1. The van der Waals surface area contributed by atoms with Crippen LogP contribution in [-0.2, 0) is 0 Å². The van der Waals surface area contributed by atoms with E-state index in [1.165, 1.54) is 12.6 Å². The van der Waals surface area contributed by atoms with Crippen molar-refractivity contribution in [3.05, 3.63) is 37.0 Å². The van der Waals surface area contributed by atoms with Crippen molar-refractivity contribution in [1.29, 1.82) is 0 Å². The summed E-state index contributed by atoms with van der Waals surface area (Å²) in [5, 5.41) is 0. The highest BCUT2D eigenvalue weighted by Crippen LogP contribution is 2.13. The standard InChI is InChI=1S/C9H9NOS/c1-2-10-7-11-8-3-5-9(12)6-4-8/h2-7,12H,1H2. The van der Waals surface area contributed by atoms with Crippen LogP contribution in [0.15, 0.2) is 46.9 Å². The van der Waals surface area contributed by atoms with Crippen molar-refractivity contribution in [1.82, 2.24) is 0 Å². The molecule has 1 aromatic rings. The smallest absolute Gasteiger partial charge is 0.181 e. The fourth-order valence-electron chi connectivity index (χ4n) is 0.659. The molecule has 0 aliphatic heterocycles. The minimum absolute atomic E-state index is 0.735. The SMILES string of the molecule is C=CN=COc1ccc(S)cc1. The third-order valence-corrected chi connectivity index (χ3v) is 1.49. The van der Waals surface area contributed by atoms with Crippen molar-refractivity contribution in [3.8, 4) is 5.75 Å². The number of nitrogens with zero attached hydrogens (tertiary/aromatic N) is 1. The number of hydrogen-bond acceptors (Lipinski definition) is 3. The van der Waals surface area contributed by atoms with Crippen LogP contribution in [0, 0.1) is 0 Å². The summed E-state index contributed by atoms with van der Waals surface area (Å²) in [5.74, 6) is 0.735. The average Bonchev–Trinajstić information content (AvgIpc) is 2.09. The average molecular weight is 179 g/mol. The highest BCUT2D eigenvalue weighted by Gasteiger charge is 1.88. The molecule has 0 radical (unpaired) electrons. The van der Waals surface area contributed by atoms with Gasteiger partial charge in [-0.1, -0.05) is 6.58 Å². The zero-order valence-corrected chi connectivity index (χ0v) is 7.37. The molecular formula is C9H9NOS. The number of rotatable bonds is 3. The molecule has 0 saturated heterocycles. The maximum absolute atomic E-state index is 5.10. The van der Waals surface area contributed by atoms with Crippen molar-refractivity contribution in [3.63, 3.8) is 0 Å². The number of benzene rings is 1. The van der Waals surface area contributed by atoms with E-state index >= 15 is 0 Å². The van der Waals surface area contributed by atoms with E-state index in [0.717, 1.165) is 10.6 Å². The first-order chi connectivity index (χ1) is 5.83. The second-order valence-electron chi connectivity index (χ2n) is 2.05. The van der Waals surface area contributed by atoms with Crippen LogP contribution in [0.5, 0.6) is 5.75 Å². The molecule has 0 N–H and O–H groups in total. The van der Waals surface area contributed by atoms with Crippen LogP contribution in [0.4, 0.5) is 0 Å². The Hall–Kier alpha value is -1.22. The molecule has 12 heavy (non-hydrogen) atoms. The van der Waals surface area contributed by atoms with Crippen molar-refractivity contribution < 1.29 is 4.74 Å².